The fourth-order valence-electron chi connectivity index (χ4n) is 0.960. The largest absolute Gasteiger partial charge is 0.495 e. The third kappa shape index (κ3) is 1.32. The van der Waals surface area contributed by atoms with E-state index < -0.39 is 0 Å². The van der Waals surface area contributed by atoms with Gasteiger partial charge in [0.15, 0.2) is 0 Å². The van der Waals surface area contributed by atoms with E-state index in [1.54, 1.807) is 12.1 Å². The van der Waals surface area contributed by atoms with Crippen LogP contribution in [0.5, 0.6) is 5.75 Å². The Balaban J connectivity index is 3.31. The Morgan fingerprint density at radius 3 is 2.67 bits per heavy atom. The highest BCUT2D eigenvalue weighted by Gasteiger charge is 2.04. The number of benzene rings is 1. The zero-order valence-corrected chi connectivity index (χ0v) is 7.09. The third-order valence-corrected chi connectivity index (χ3v) is 1.71. The minimum Gasteiger partial charge on any atom is -0.495 e. The van der Waals surface area contributed by atoms with E-state index in [2.05, 4.69) is 0 Å². The molecular formula is C9H10N2O. The number of hydrogen-bond acceptors (Lipinski definition) is 3. The molecule has 0 aliphatic heterocycles. The van der Waals surface area contributed by atoms with Gasteiger partial charge >= 0.3 is 0 Å². The number of anilines is 1. The van der Waals surface area contributed by atoms with Gasteiger partial charge in [0, 0.05) is 11.8 Å². The predicted octanol–water partition coefficient (Wildman–Crippen LogP) is 1.46. The Hall–Kier alpha value is -1.69. The minimum absolute atomic E-state index is 0.518. The molecule has 3 heteroatoms. The van der Waals surface area contributed by atoms with Gasteiger partial charge < -0.3 is 10.5 Å². The summed E-state index contributed by atoms with van der Waals surface area (Å²) in [5.74, 6) is 0.528. The number of aryl methyl sites for hydroxylation is 1. The summed E-state index contributed by atoms with van der Waals surface area (Å²) in [5, 5.41) is 8.69. The first-order valence-corrected chi connectivity index (χ1v) is 3.53. The molecule has 0 atom stereocenters. The molecule has 0 saturated carbocycles. The van der Waals surface area contributed by atoms with Crippen molar-refractivity contribution >= 4 is 5.69 Å². The number of methoxy groups -OCH3 is 1. The molecule has 0 aliphatic rings. The third-order valence-electron chi connectivity index (χ3n) is 1.71. The second kappa shape index (κ2) is 3.14. The molecule has 0 unspecified atom stereocenters. The first-order chi connectivity index (χ1) is 5.69. The SMILES string of the molecule is COc1cc(N)c(C)cc1C#N. The second-order valence-corrected chi connectivity index (χ2v) is 2.52. The molecule has 0 fully saturated rings. The Bertz CT molecular complexity index is 339. The standard InChI is InChI=1S/C9H10N2O/c1-6-3-7(5-10)9(12-2)4-8(6)11/h3-4H,11H2,1-2H3. The lowest BCUT2D eigenvalue weighted by Gasteiger charge is -2.05. The summed E-state index contributed by atoms with van der Waals surface area (Å²) < 4.78 is 4.97. The normalized spacial score (nSPS) is 9.08. The number of ether oxygens (including phenoxy) is 1. The Labute approximate surface area is 71.4 Å². The van der Waals surface area contributed by atoms with Crippen molar-refractivity contribution in [2.24, 2.45) is 0 Å². The van der Waals surface area contributed by atoms with E-state index in [9.17, 15) is 0 Å². The molecular weight excluding hydrogens is 152 g/mol. The van der Waals surface area contributed by atoms with Crippen molar-refractivity contribution in [2.45, 2.75) is 6.92 Å². The predicted molar refractivity (Wildman–Crippen MR) is 46.9 cm³/mol. The van der Waals surface area contributed by atoms with Crippen LogP contribution in [0.15, 0.2) is 12.1 Å². The molecule has 0 amide bonds. The van der Waals surface area contributed by atoms with Crippen LogP contribution < -0.4 is 10.5 Å². The topological polar surface area (TPSA) is 59.0 Å². The zero-order valence-electron chi connectivity index (χ0n) is 7.09. The summed E-state index contributed by atoms with van der Waals surface area (Å²) in [6.07, 6.45) is 0. The van der Waals surface area contributed by atoms with E-state index in [1.807, 2.05) is 13.0 Å². The van der Waals surface area contributed by atoms with Crippen LogP contribution >= 0.6 is 0 Å². The van der Waals surface area contributed by atoms with Crippen LogP contribution in [-0.2, 0) is 0 Å². The van der Waals surface area contributed by atoms with Crippen molar-refractivity contribution in [3.8, 4) is 11.8 Å². The van der Waals surface area contributed by atoms with E-state index in [0.29, 0.717) is 17.0 Å². The van der Waals surface area contributed by atoms with Crippen molar-refractivity contribution in [3.63, 3.8) is 0 Å². The maximum absolute atomic E-state index is 8.69. The molecule has 12 heavy (non-hydrogen) atoms. The molecule has 62 valence electrons. The first-order valence-electron chi connectivity index (χ1n) is 3.53. The maximum atomic E-state index is 8.69. The number of nitrogen functional groups attached to an aromatic ring is 1. The Morgan fingerprint density at radius 2 is 2.17 bits per heavy atom. The van der Waals surface area contributed by atoms with E-state index in [-0.39, 0.29) is 0 Å². The molecule has 0 heterocycles. The summed E-state index contributed by atoms with van der Waals surface area (Å²) >= 11 is 0. The fourth-order valence-corrected chi connectivity index (χ4v) is 0.960. The van der Waals surface area contributed by atoms with Crippen molar-refractivity contribution in [2.75, 3.05) is 12.8 Å². The average Bonchev–Trinajstić information content (AvgIpc) is 2.09. The van der Waals surface area contributed by atoms with Gasteiger partial charge in [0.05, 0.1) is 12.7 Å². The number of nitrogens with zero attached hydrogens (tertiary/aromatic N) is 1. The monoisotopic (exact) mass is 162 g/mol. The first kappa shape index (κ1) is 8.41. The minimum atomic E-state index is 0.518. The van der Waals surface area contributed by atoms with Gasteiger partial charge in [-0.2, -0.15) is 5.26 Å². The molecule has 1 aromatic carbocycles. The number of nitrogens with two attached hydrogens (primary N) is 1. The van der Waals surface area contributed by atoms with Gasteiger partial charge in [-0.25, -0.2) is 0 Å². The van der Waals surface area contributed by atoms with Crippen LogP contribution in [0.2, 0.25) is 0 Å². The van der Waals surface area contributed by atoms with Crippen LogP contribution in [0.1, 0.15) is 11.1 Å². The summed E-state index contributed by atoms with van der Waals surface area (Å²) in [7, 11) is 1.52. The van der Waals surface area contributed by atoms with E-state index in [0.717, 1.165) is 5.56 Å². The van der Waals surface area contributed by atoms with Crippen molar-refractivity contribution < 1.29 is 4.74 Å². The van der Waals surface area contributed by atoms with E-state index in [1.165, 1.54) is 7.11 Å². The summed E-state index contributed by atoms with van der Waals surface area (Å²) in [6, 6.07) is 5.41. The van der Waals surface area contributed by atoms with Crippen molar-refractivity contribution in [3.05, 3.63) is 23.3 Å². The molecule has 0 aromatic heterocycles. The lowest BCUT2D eigenvalue weighted by molar-refractivity contribution is 0.413. The number of hydrogen-bond donors (Lipinski definition) is 1. The smallest absolute Gasteiger partial charge is 0.138 e. The van der Waals surface area contributed by atoms with Gasteiger partial charge in [0.2, 0.25) is 0 Å². The fraction of sp³-hybridized carbons (Fsp3) is 0.222. The van der Waals surface area contributed by atoms with Gasteiger partial charge in [-0.3, -0.25) is 0 Å². The Kier molecular flexibility index (Phi) is 2.20. The highest BCUT2D eigenvalue weighted by atomic mass is 16.5. The van der Waals surface area contributed by atoms with Crippen molar-refractivity contribution in [1.29, 1.82) is 5.26 Å². The molecule has 0 radical (unpaired) electrons. The highest BCUT2D eigenvalue weighted by Crippen LogP contribution is 2.23. The maximum Gasteiger partial charge on any atom is 0.138 e. The number of nitriles is 1. The number of rotatable bonds is 1. The highest BCUT2D eigenvalue weighted by molar-refractivity contribution is 5.57. The van der Waals surface area contributed by atoms with Gasteiger partial charge in [-0.05, 0) is 18.6 Å². The summed E-state index contributed by atoms with van der Waals surface area (Å²) in [5.41, 5.74) is 7.69. The molecule has 1 rings (SSSR count). The van der Waals surface area contributed by atoms with E-state index in [4.69, 9.17) is 15.7 Å². The zero-order chi connectivity index (χ0) is 9.14. The summed E-state index contributed by atoms with van der Waals surface area (Å²) in [6.45, 7) is 1.86. The lowest BCUT2D eigenvalue weighted by Crippen LogP contribution is -1.94. The van der Waals surface area contributed by atoms with Crippen LogP contribution in [-0.4, -0.2) is 7.11 Å². The van der Waals surface area contributed by atoms with Crippen LogP contribution in [0.3, 0.4) is 0 Å². The molecule has 2 N–H and O–H groups in total. The van der Waals surface area contributed by atoms with Crippen molar-refractivity contribution in [1.82, 2.24) is 0 Å². The Morgan fingerprint density at radius 1 is 1.50 bits per heavy atom. The second-order valence-electron chi connectivity index (χ2n) is 2.52. The van der Waals surface area contributed by atoms with Crippen LogP contribution in [0.4, 0.5) is 5.69 Å². The molecule has 0 spiro atoms. The van der Waals surface area contributed by atoms with Gasteiger partial charge in [-0.15, -0.1) is 0 Å². The van der Waals surface area contributed by atoms with Gasteiger partial charge in [0.25, 0.3) is 0 Å². The van der Waals surface area contributed by atoms with E-state index >= 15 is 0 Å². The molecule has 0 aliphatic carbocycles. The van der Waals surface area contributed by atoms with Crippen LogP contribution in [0.25, 0.3) is 0 Å². The van der Waals surface area contributed by atoms with Crippen LogP contribution in [0, 0.1) is 18.3 Å². The quantitative estimate of drug-likeness (QED) is 0.636. The molecule has 0 saturated heterocycles. The molecule has 1 aromatic rings. The van der Waals surface area contributed by atoms with Gasteiger partial charge in [-0.1, -0.05) is 0 Å². The van der Waals surface area contributed by atoms with Gasteiger partial charge in [0.1, 0.15) is 11.8 Å². The summed E-state index contributed by atoms with van der Waals surface area (Å²) in [4.78, 5) is 0. The lowest BCUT2D eigenvalue weighted by atomic mass is 10.1. The molecule has 0 bridgehead atoms. The molecule has 3 nitrogen and oxygen atoms in total. The average molecular weight is 162 g/mol.